The summed E-state index contributed by atoms with van der Waals surface area (Å²) in [5.74, 6) is 0.967. The molecule has 250 valence electrons. The standard InChI is InChI=1S/C37H39N3O7S/c1-5-6-19-47-29-17-15-27(16-18-29)38-35(41)24-48-30-14-10-13-28(22-30)39-37(43)31(40-36(42)25-11-8-7-9-12-25)20-26-21-33(45-3)34(46-4)23-32(26)44-2/h7-18,20-23H,5-6,19,24H2,1-4H3,(H,38,41)(H,39,43)(H,40,42)/b31-20+. The highest BCUT2D eigenvalue weighted by atomic mass is 32.2. The third-order valence-electron chi connectivity index (χ3n) is 6.93. The predicted molar refractivity (Wildman–Crippen MR) is 189 cm³/mol. The van der Waals surface area contributed by atoms with E-state index in [1.807, 2.05) is 18.2 Å². The number of nitrogens with one attached hydrogen (secondary N) is 3. The summed E-state index contributed by atoms with van der Waals surface area (Å²) in [7, 11) is 4.50. The smallest absolute Gasteiger partial charge is 0.272 e. The van der Waals surface area contributed by atoms with Crippen molar-refractivity contribution in [2.24, 2.45) is 0 Å². The quantitative estimate of drug-likeness (QED) is 0.0660. The fourth-order valence-electron chi connectivity index (χ4n) is 4.44. The predicted octanol–water partition coefficient (Wildman–Crippen LogP) is 7.03. The molecule has 48 heavy (non-hydrogen) atoms. The molecule has 0 radical (unpaired) electrons. The summed E-state index contributed by atoms with van der Waals surface area (Å²) in [6.07, 6.45) is 3.55. The third-order valence-corrected chi connectivity index (χ3v) is 7.92. The molecule has 0 fully saturated rings. The zero-order valence-corrected chi connectivity index (χ0v) is 28.1. The lowest BCUT2D eigenvalue weighted by Gasteiger charge is -2.15. The lowest BCUT2D eigenvalue weighted by Crippen LogP contribution is -2.30. The van der Waals surface area contributed by atoms with Crippen LogP contribution in [0.4, 0.5) is 11.4 Å². The normalized spacial score (nSPS) is 10.9. The van der Waals surface area contributed by atoms with Crippen LogP contribution in [0.3, 0.4) is 0 Å². The fourth-order valence-corrected chi connectivity index (χ4v) is 5.20. The largest absolute Gasteiger partial charge is 0.496 e. The van der Waals surface area contributed by atoms with Gasteiger partial charge in [-0.1, -0.05) is 37.6 Å². The molecule has 3 N–H and O–H groups in total. The molecular formula is C37H39N3O7S. The molecule has 4 aromatic carbocycles. The third kappa shape index (κ3) is 10.3. The van der Waals surface area contributed by atoms with E-state index in [1.165, 1.54) is 39.2 Å². The van der Waals surface area contributed by atoms with Crippen LogP contribution in [0.15, 0.2) is 102 Å². The molecule has 4 rings (SSSR count). The number of methoxy groups -OCH3 is 3. The number of unbranched alkanes of at least 4 members (excludes halogenated alkanes) is 1. The number of hydrogen-bond donors (Lipinski definition) is 3. The second-order valence-corrected chi connectivity index (χ2v) is 11.4. The summed E-state index contributed by atoms with van der Waals surface area (Å²) < 4.78 is 22.0. The van der Waals surface area contributed by atoms with Crippen molar-refractivity contribution in [3.05, 3.63) is 108 Å². The van der Waals surface area contributed by atoms with Crippen LogP contribution >= 0.6 is 11.8 Å². The van der Waals surface area contributed by atoms with Gasteiger partial charge in [-0.15, -0.1) is 11.8 Å². The van der Waals surface area contributed by atoms with Crippen molar-refractivity contribution in [3.63, 3.8) is 0 Å². The number of thioether (sulfide) groups is 1. The zero-order chi connectivity index (χ0) is 34.3. The molecular weight excluding hydrogens is 630 g/mol. The van der Waals surface area contributed by atoms with Gasteiger partial charge in [0.2, 0.25) is 5.91 Å². The Balaban J connectivity index is 1.47. The van der Waals surface area contributed by atoms with Gasteiger partial charge in [-0.05, 0) is 73.2 Å². The SMILES string of the molecule is CCCCOc1ccc(NC(=O)CSc2cccc(NC(=O)/C(=C\c3cc(OC)c(OC)cc3OC)NC(=O)c3ccccc3)c2)cc1. The van der Waals surface area contributed by atoms with E-state index in [4.69, 9.17) is 18.9 Å². The molecule has 0 aliphatic carbocycles. The van der Waals surface area contributed by atoms with E-state index < -0.39 is 11.8 Å². The van der Waals surface area contributed by atoms with E-state index in [1.54, 1.807) is 72.8 Å². The first-order valence-electron chi connectivity index (χ1n) is 15.3. The summed E-state index contributed by atoms with van der Waals surface area (Å²) in [4.78, 5) is 40.2. The molecule has 0 heterocycles. The maximum atomic E-state index is 13.7. The van der Waals surface area contributed by atoms with E-state index in [2.05, 4.69) is 22.9 Å². The maximum Gasteiger partial charge on any atom is 0.272 e. The van der Waals surface area contributed by atoms with E-state index >= 15 is 0 Å². The molecule has 0 aliphatic rings. The Morgan fingerprint density at radius 1 is 0.750 bits per heavy atom. The van der Waals surface area contributed by atoms with E-state index in [0.717, 1.165) is 23.5 Å². The zero-order valence-electron chi connectivity index (χ0n) is 27.3. The Kier molecular flexibility index (Phi) is 13.3. The molecule has 0 bridgehead atoms. The maximum absolute atomic E-state index is 13.7. The minimum atomic E-state index is -0.571. The number of benzene rings is 4. The van der Waals surface area contributed by atoms with Gasteiger partial charge >= 0.3 is 0 Å². The van der Waals surface area contributed by atoms with Gasteiger partial charge < -0.3 is 34.9 Å². The molecule has 10 nitrogen and oxygen atoms in total. The van der Waals surface area contributed by atoms with Gasteiger partial charge in [0.05, 0.1) is 33.7 Å². The molecule has 0 atom stereocenters. The summed E-state index contributed by atoms with van der Waals surface area (Å²) in [5, 5.41) is 8.47. The van der Waals surface area contributed by atoms with Crippen molar-refractivity contribution in [1.82, 2.24) is 5.32 Å². The number of rotatable bonds is 16. The van der Waals surface area contributed by atoms with Gasteiger partial charge in [0.25, 0.3) is 11.8 Å². The molecule has 0 aromatic heterocycles. The second-order valence-electron chi connectivity index (χ2n) is 10.4. The Bertz CT molecular complexity index is 1730. The van der Waals surface area contributed by atoms with Crippen LogP contribution < -0.4 is 34.9 Å². The lowest BCUT2D eigenvalue weighted by atomic mass is 10.1. The van der Waals surface area contributed by atoms with Crippen LogP contribution in [-0.4, -0.2) is 51.4 Å². The number of anilines is 2. The first kappa shape index (κ1) is 35.4. The monoisotopic (exact) mass is 669 g/mol. The van der Waals surface area contributed by atoms with Gasteiger partial charge in [0.1, 0.15) is 17.2 Å². The van der Waals surface area contributed by atoms with Crippen LogP contribution in [0.25, 0.3) is 6.08 Å². The van der Waals surface area contributed by atoms with Crippen LogP contribution in [-0.2, 0) is 9.59 Å². The molecule has 0 aliphatic heterocycles. The minimum absolute atomic E-state index is 0.0337. The van der Waals surface area contributed by atoms with E-state index in [-0.39, 0.29) is 17.4 Å². The summed E-state index contributed by atoms with van der Waals surface area (Å²) in [5.41, 5.74) is 1.97. The summed E-state index contributed by atoms with van der Waals surface area (Å²) >= 11 is 1.32. The molecule has 0 saturated carbocycles. The number of carbonyl (C=O) groups is 3. The first-order valence-corrected chi connectivity index (χ1v) is 16.3. The molecule has 4 aromatic rings. The van der Waals surface area contributed by atoms with Crippen molar-refractivity contribution in [2.75, 3.05) is 44.3 Å². The van der Waals surface area contributed by atoms with Gasteiger partial charge in [-0.3, -0.25) is 14.4 Å². The van der Waals surface area contributed by atoms with Crippen molar-refractivity contribution >= 4 is 46.9 Å². The number of hydrogen-bond acceptors (Lipinski definition) is 8. The highest BCUT2D eigenvalue weighted by Crippen LogP contribution is 2.35. The Morgan fingerprint density at radius 2 is 1.46 bits per heavy atom. The van der Waals surface area contributed by atoms with Gasteiger partial charge in [0, 0.05) is 33.5 Å². The molecule has 0 unspecified atom stereocenters. The average molecular weight is 670 g/mol. The van der Waals surface area contributed by atoms with E-state index in [0.29, 0.717) is 46.4 Å². The van der Waals surface area contributed by atoms with Crippen LogP contribution in [0.1, 0.15) is 35.7 Å². The average Bonchev–Trinajstić information content (AvgIpc) is 3.11. The second kappa shape index (κ2) is 18.1. The van der Waals surface area contributed by atoms with Crippen LogP contribution in [0.2, 0.25) is 0 Å². The van der Waals surface area contributed by atoms with Crippen molar-refractivity contribution in [1.29, 1.82) is 0 Å². The molecule has 0 saturated heterocycles. The molecule has 3 amide bonds. The highest BCUT2D eigenvalue weighted by molar-refractivity contribution is 8.00. The van der Waals surface area contributed by atoms with Crippen LogP contribution in [0, 0.1) is 0 Å². The number of ether oxygens (including phenoxy) is 4. The number of amides is 3. The van der Waals surface area contributed by atoms with Crippen molar-refractivity contribution in [3.8, 4) is 23.0 Å². The first-order chi connectivity index (χ1) is 23.3. The molecule has 11 heteroatoms. The molecule has 0 spiro atoms. The Hall–Kier alpha value is -5.42. The summed E-state index contributed by atoms with van der Waals surface area (Å²) in [6, 6.07) is 26.2. The van der Waals surface area contributed by atoms with Gasteiger partial charge in [0.15, 0.2) is 11.5 Å². The fraction of sp³-hybridized carbons (Fsp3) is 0.216. The minimum Gasteiger partial charge on any atom is -0.496 e. The Labute approximate surface area is 284 Å². The Morgan fingerprint density at radius 3 is 2.15 bits per heavy atom. The topological polar surface area (TPSA) is 124 Å². The highest BCUT2D eigenvalue weighted by Gasteiger charge is 2.18. The van der Waals surface area contributed by atoms with Crippen molar-refractivity contribution in [2.45, 2.75) is 24.7 Å². The van der Waals surface area contributed by atoms with Gasteiger partial charge in [-0.25, -0.2) is 0 Å². The number of carbonyl (C=O) groups excluding carboxylic acids is 3. The van der Waals surface area contributed by atoms with E-state index in [9.17, 15) is 14.4 Å². The lowest BCUT2D eigenvalue weighted by molar-refractivity contribution is -0.114. The van der Waals surface area contributed by atoms with Crippen molar-refractivity contribution < 1.29 is 33.3 Å². The summed E-state index contributed by atoms with van der Waals surface area (Å²) in [6.45, 7) is 2.76. The van der Waals surface area contributed by atoms with Crippen LogP contribution in [0.5, 0.6) is 23.0 Å². The van der Waals surface area contributed by atoms with Gasteiger partial charge in [-0.2, -0.15) is 0 Å².